The third-order valence-corrected chi connectivity index (χ3v) is 4.14. The number of hydrogen-bond acceptors (Lipinski definition) is 2. The first-order chi connectivity index (χ1) is 10.3. The fourth-order valence-corrected chi connectivity index (χ4v) is 2.82. The number of Topliss-reactive ketones (excluding diaryl/α,β-unsaturated/α-hetero) is 1. The molecule has 112 valence electrons. The molecule has 3 heteroatoms. The first kappa shape index (κ1) is 14.5. The van der Waals surface area contributed by atoms with Crippen LogP contribution in [0.1, 0.15) is 47.8 Å². The number of nitrogens with zero attached hydrogens (tertiary/aromatic N) is 1. The van der Waals surface area contributed by atoms with E-state index >= 15 is 0 Å². The summed E-state index contributed by atoms with van der Waals surface area (Å²) in [6, 6.07) is 13.1. The summed E-state index contributed by atoms with van der Waals surface area (Å²) < 4.78 is 0.761. The van der Waals surface area contributed by atoms with Crippen molar-refractivity contribution in [3.8, 4) is 0 Å². The van der Waals surface area contributed by atoms with E-state index in [1.807, 2.05) is 37.3 Å². The summed E-state index contributed by atoms with van der Waals surface area (Å²) in [4.78, 5) is 12.6. The average Bonchev–Trinajstić information content (AvgIpc) is 2.71. The molecule has 22 heavy (non-hydrogen) atoms. The van der Waals surface area contributed by atoms with Gasteiger partial charge in [0.05, 0.1) is 5.56 Å². The van der Waals surface area contributed by atoms with Crippen LogP contribution in [-0.2, 0) is 5.41 Å². The molecule has 0 amide bonds. The second-order valence-corrected chi connectivity index (χ2v) is 6.77. The maximum atomic E-state index is 12.6. The molecule has 0 unspecified atom stereocenters. The van der Waals surface area contributed by atoms with Crippen molar-refractivity contribution in [3.63, 3.8) is 0 Å². The number of fused-ring (bicyclic) bond motifs is 1. The van der Waals surface area contributed by atoms with Crippen molar-refractivity contribution >= 4 is 17.2 Å². The standard InChI is InChI=1S/C19H19NO2/c1-12-6-5-7-15-16(12)18(21)17(20(15)22)13-8-10-14(11-9-13)19(2,3)4/h5-11H,1-4H3. The maximum absolute atomic E-state index is 12.6. The van der Waals surface area contributed by atoms with Crippen LogP contribution in [0.3, 0.4) is 0 Å². The Morgan fingerprint density at radius 2 is 1.64 bits per heavy atom. The molecule has 1 heterocycles. The summed E-state index contributed by atoms with van der Waals surface area (Å²) in [6.07, 6.45) is 0. The van der Waals surface area contributed by atoms with Crippen molar-refractivity contribution < 1.29 is 9.53 Å². The molecule has 0 saturated heterocycles. The van der Waals surface area contributed by atoms with Crippen molar-refractivity contribution in [2.24, 2.45) is 0 Å². The third-order valence-electron chi connectivity index (χ3n) is 4.14. The van der Waals surface area contributed by atoms with E-state index < -0.39 is 0 Å². The van der Waals surface area contributed by atoms with Gasteiger partial charge in [0, 0.05) is 6.07 Å². The quantitative estimate of drug-likeness (QED) is 0.586. The van der Waals surface area contributed by atoms with E-state index in [2.05, 4.69) is 20.8 Å². The van der Waals surface area contributed by atoms with Crippen LogP contribution in [0, 0.1) is 12.1 Å². The van der Waals surface area contributed by atoms with Crippen LogP contribution in [0.4, 0.5) is 5.69 Å². The number of rotatable bonds is 1. The van der Waals surface area contributed by atoms with E-state index in [1.165, 1.54) is 5.56 Å². The fourth-order valence-electron chi connectivity index (χ4n) is 2.82. The van der Waals surface area contributed by atoms with Gasteiger partial charge in [-0.15, -0.1) is 0 Å². The zero-order valence-electron chi connectivity index (χ0n) is 13.3. The molecular formula is C19H19NO2. The monoisotopic (exact) mass is 293 g/mol. The molecule has 0 spiro atoms. The van der Waals surface area contributed by atoms with Gasteiger partial charge in [0.1, 0.15) is 5.56 Å². The van der Waals surface area contributed by atoms with Crippen LogP contribution in [-0.4, -0.2) is 16.2 Å². The lowest BCUT2D eigenvalue weighted by molar-refractivity contribution is -0.355. The van der Waals surface area contributed by atoms with Crippen molar-refractivity contribution in [3.05, 3.63) is 69.9 Å². The zero-order valence-corrected chi connectivity index (χ0v) is 13.3. The Labute approximate surface area is 130 Å². The van der Waals surface area contributed by atoms with Crippen LogP contribution in [0.5, 0.6) is 0 Å². The highest BCUT2D eigenvalue weighted by atomic mass is 16.5. The molecule has 2 aromatic rings. The topological polar surface area (TPSA) is 43.1 Å². The Hall–Kier alpha value is -2.42. The van der Waals surface area contributed by atoms with Gasteiger partial charge in [0.25, 0.3) is 11.5 Å². The first-order valence-corrected chi connectivity index (χ1v) is 7.40. The van der Waals surface area contributed by atoms with Gasteiger partial charge in [0.2, 0.25) is 5.69 Å². The minimum Gasteiger partial charge on any atom is -0.618 e. The van der Waals surface area contributed by atoms with Crippen LogP contribution < -0.4 is 0 Å². The zero-order chi connectivity index (χ0) is 16.1. The number of hydrogen-bond donors (Lipinski definition) is 0. The molecule has 2 aromatic carbocycles. The number of carbonyl (C=O) groups is 1. The maximum Gasteiger partial charge on any atom is 0.272 e. The largest absolute Gasteiger partial charge is 0.618 e. The van der Waals surface area contributed by atoms with Crippen molar-refractivity contribution in [1.29, 1.82) is 0 Å². The first-order valence-electron chi connectivity index (χ1n) is 7.40. The lowest BCUT2D eigenvalue weighted by Crippen LogP contribution is -2.18. The van der Waals surface area contributed by atoms with Gasteiger partial charge in [-0.25, -0.2) is 0 Å². The van der Waals surface area contributed by atoms with Gasteiger partial charge in [-0.1, -0.05) is 45.0 Å². The SMILES string of the molecule is Cc1cccc2c1C(=O)C(c1ccc(C(C)(C)C)cc1)=[N+]2[O-]. The summed E-state index contributed by atoms with van der Waals surface area (Å²) >= 11 is 0. The molecule has 1 aliphatic rings. The molecular weight excluding hydrogens is 274 g/mol. The van der Waals surface area contributed by atoms with Crippen LogP contribution >= 0.6 is 0 Å². The molecule has 0 N–H and O–H groups in total. The Balaban J connectivity index is 2.09. The molecule has 1 aliphatic heterocycles. The Kier molecular flexibility index (Phi) is 3.17. The number of benzene rings is 2. The molecule has 0 atom stereocenters. The van der Waals surface area contributed by atoms with Gasteiger partial charge >= 0.3 is 0 Å². The van der Waals surface area contributed by atoms with Crippen LogP contribution in [0.15, 0.2) is 42.5 Å². The van der Waals surface area contributed by atoms with E-state index in [-0.39, 0.29) is 16.9 Å². The Bertz CT molecular complexity index is 793. The van der Waals surface area contributed by atoms with E-state index in [1.54, 1.807) is 12.1 Å². The van der Waals surface area contributed by atoms with Crippen LogP contribution in [0.25, 0.3) is 0 Å². The summed E-state index contributed by atoms with van der Waals surface area (Å²) in [5.74, 6) is -0.188. The third kappa shape index (κ3) is 2.13. The summed E-state index contributed by atoms with van der Waals surface area (Å²) in [5, 5.41) is 12.5. The van der Waals surface area contributed by atoms with E-state index in [9.17, 15) is 10.0 Å². The number of carbonyl (C=O) groups excluding carboxylic acids is 1. The smallest absolute Gasteiger partial charge is 0.272 e. The normalized spacial score (nSPS) is 14.5. The fraction of sp³-hybridized carbons (Fsp3) is 0.263. The summed E-state index contributed by atoms with van der Waals surface area (Å²) in [5.41, 5.74) is 3.90. The van der Waals surface area contributed by atoms with E-state index in [4.69, 9.17) is 0 Å². The van der Waals surface area contributed by atoms with Crippen molar-refractivity contribution in [2.45, 2.75) is 33.1 Å². The second kappa shape index (κ2) is 4.80. The number of ketones is 1. The Morgan fingerprint density at radius 1 is 1.00 bits per heavy atom. The average molecular weight is 293 g/mol. The molecule has 0 saturated carbocycles. The highest BCUT2D eigenvalue weighted by Crippen LogP contribution is 2.31. The van der Waals surface area contributed by atoms with Gasteiger partial charge in [0.15, 0.2) is 0 Å². The molecule has 0 aliphatic carbocycles. The van der Waals surface area contributed by atoms with Crippen molar-refractivity contribution in [1.82, 2.24) is 0 Å². The van der Waals surface area contributed by atoms with Gasteiger partial charge in [-0.05, 0) is 35.6 Å². The molecule has 3 rings (SSSR count). The lowest BCUT2D eigenvalue weighted by atomic mass is 9.86. The predicted octanol–water partition coefficient (Wildman–Crippen LogP) is 4.12. The van der Waals surface area contributed by atoms with Gasteiger partial charge in [-0.3, -0.25) is 4.79 Å². The molecule has 0 bridgehead atoms. The lowest BCUT2D eigenvalue weighted by Gasteiger charge is -2.18. The molecule has 0 aromatic heterocycles. The molecule has 0 fully saturated rings. The van der Waals surface area contributed by atoms with Gasteiger partial charge < -0.3 is 5.21 Å². The van der Waals surface area contributed by atoms with E-state index in [0.717, 1.165) is 10.3 Å². The second-order valence-electron chi connectivity index (χ2n) is 6.77. The van der Waals surface area contributed by atoms with Gasteiger partial charge in [-0.2, -0.15) is 4.74 Å². The minimum absolute atomic E-state index is 0.0413. The molecule has 0 radical (unpaired) electrons. The van der Waals surface area contributed by atoms with E-state index in [0.29, 0.717) is 16.8 Å². The molecule has 3 nitrogen and oxygen atoms in total. The van der Waals surface area contributed by atoms with Crippen LogP contribution in [0.2, 0.25) is 0 Å². The summed E-state index contributed by atoms with van der Waals surface area (Å²) in [7, 11) is 0. The predicted molar refractivity (Wildman–Crippen MR) is 88.0 cm³/mol. The summed E-state index contributed by atoms with van der Waals surface area (Å²) in [6.45, 7) is 8.26. The van der Waals surface area contributed by atoms with Crippen molar-refractivity contribution in [2.75, 3.05) is 0 Å². The Morgan fingerprint density at radius 3 is 2.18 bits per heavy atom. The highest BCUT2D eigenvalue weighted by molar-refractivity contribution is 6.52. The number of aryl methyl sites for hydroxylation is 1. The highest BCUT2D eigenvalue weighted by Gasteiger charge is 2.37. The minimum atomic E-state index is -0.188.